The second-order valence-corrected chi connectivity index (χ2v) is 3.96. The molecule has 1 heterocycles. The van der Waals surface area contributed by atoms with Crippen LogP contribution in [-0.4, -0.2) is 22.4 Å². The van der Waals surface area contributed by atoms with Crippen molar-refractivity contribution in [3.63, 3.8) is 0 Å². The van der Waals surface area contributed by atoms with Gasteiger partial charge in [0.05, 0.1) is 12.8 Å². The lowest BCUT2D eigenvalue weighted by atomic mass is 10.0. The number of ether oxygens (including phenoxy) is 1. The molecule has 0 aliphatic carbocycles. The summed E-state index contributed by atoms with van der Waals surface area (Å²) in [6.07, 6.45) is -1.02. The molecule has 6 heteroatoms. The van der Waals surface area contributed by atoms with Gasteiger partial charge in [0.1, 0.15) is 17.7 Å². The zero-order valence-corrected chi connectivity index (χ0v) is 10.2. The van der Waals surface area contributed by atoms with Crippen LogP contribution in [0, 0.1) is 11.6 Å². The van der Waals surface area contributed by atoms with Crippen molar-refractivity contribution in [3.05, 3.63) is 53.2 Å². The molecule has 0 radical (unpaired) electrons. The van der Waals surface area contributed by atoms with Gasteiger partial charge in [-0.2, -0.15) is 0 Å². The van der Waals surface area contributed by atoms with Gasteiger partial charge in [0.15, 0.2) is 0 Å². The number of nitrogens with zero attached hydrogens (tertiary/aromatic N) is 2. The molecule has 2 aromatic rings. The number of benzene rings is 1. The summed E-state index contributed by atoms with van der Waals surface area (Å²) in [4.78, 5) is 0. The van der Waals surface area contributed by atoms with Gasteiger partial charge in [-0.1, -0.05) is 6.07 Å². The summed E-state index contributed by atoms with van der Waals surface area (Å²) in [6.45, 7) is 0. The van der Waals surface area contributed by atoms with E-state index in [2.05, 4.69) is 10.2 Å². The number of aliphatic hydroxyl groups excluding tert-OH is 1. The minimum absolute atomic E-state index is 0.00682. The molecule has 0 amide bonds. The maximum atomic E-state index is 13.4. The Bertz CT molecular complexity index is 561. The van der Waals surface area contributed by atoms with Gasteiger partial charge in [-0.3, -0.25) is 0 Å². The molecule has 0 saturated carbocycles. The molecule has 19 heavy (non-hydrogen) atoms. The molecule has 0 saturated heterocycles. The van der Waals surface area contributed by atoms with E-state index < -0.39 is 17.7 Å². The summed E-state index contributed by atoms with van der Waals surface area (Å²) in [6, 6.07) is 6.31. The Morgan fingerprint density at radius 2 is 2.00 bits per heavy atom. The van der Waals surface area contributed by atoms with Crippen molar-refractivity contribution in [2.45, 2.75) is 12.5 Å². The van der Waals surface area contributed by atoms with Crippen molar-refractivity contribution < 1.29 is 18.6 Å². The van der Waals surface area contributed by atoms with Crippen molar-refractivity contribution in [3.8, 4) is 5.88 Å². The summed E-state index contributed by atoms with van der Waals surface area (Å²) < 4.78 is 31.0. The van der Waals surface area contributed by atoms with Gasteiger partial charge < -0.3 is 9.84 Å². The van der Waals surface area contributed by atoms with Crippen molar-refractivity contribution in [1.82, 2.24) is 10.2 Å². The van der Waals surface area contributed by atoms with Gasteiger partial charge >= 0.3 is 0 Å². The van der Waals surface area contributed by atoms with Gasteiger partial charge in [-0.25, -0.2) is 8.78 Å². The molecule has 1 aromatic heterocycles. The molecule has 0 fully saturated rings. The largest absolute Gasteiger partial charge is 0.480 e. The van der Waals surface area contributed by atoms with E-state index in [9.17, 15) is 13.9 Å². The van der Waals surface area contributed by atoms with E-state index in [4.69, 9.17) is 4.74 Å². The molecule has 1 aromatic carbocycles. The van der Waals surface area contributed by atoms with Crippen molar-refractivity contribution >= 4 is 0 Å². The predicted molar refractivity (Wildman–Crippen MR) is 63.6 cm³/mol. The van der Waals surface area contributed by atoms with Crippen LogP contribution in [0.1, 0.15) is 17.4 Å². The van der Waals surface area contributed by atoms with Crippen LogP contribution in [-0.2, 0) is 6.42 Å². The van der Waals surface area contributed by atoms with E-state index in [1.165, 1.54) is 19.2 Å². The van der Waals surface area contributed by atoms with Crippen LogP contribution in [0.25, 0.3) is 0 Å². The first kappa shape index (κ1) is 13.4. The number of hydrogen-bond donors (Lipinski definition) is 1. The normalized spacial score (nSPS) is 12.2. The third-order valence-electron chi connectivity index (χ3n) is 2.64. The number of halogens is 2. The van der Waals surface area contributed by atoms with Crippen LogP contribution in [0.15, 0.2) is 30.3 Å². The van der Waals surface area contributed by atoms with Crippen LogP contribution in [0.3, 0.4) is 0 Å². The second-order valence-electron chi connectivity index (χ2n) is 3.96. The molecule has 1 N–H and O–H groups in total. The first-order chi connectivity index (χ1) is 9.10. The van der Waals surface area contributed by atoms with Gasteiger partial charge in [-0.05, 0) is 17.7 Å². The highest BCUT2D eigenvalue weighted by Gasteiger charge is 2.14. The zero-order valence-electron chi connectivity index (χ0n) is 10.2. The van der Waals surface area contributed by atoms with Crippen molar-refractivity contribution in [2.75, 3.05) is 7.11 Å². The van der Waals surface area contributed by atoms with E-state index in [-0.39, 0.29) is 12.0 Å². The van der Waals surface area contributed by atoms with E-state index in [0.29, 0.717) is 11.6 Å². The number of aliphatic hydroxyl groups is 1. The average molecular weight is 266 g/mol. The van der Waals surface area contributed by atoms with Crippen LogP contribution in [0.4, 0.5) is 8.78 Å². The predicted octanol–water partition coefficient (Wildman–Crippen LogP) is 2.04. The Balaban J connectivity index is 2.13. The molecule has 0 bridgehead atoms. The highest BCUT2D eigenvalue weighted by molar-refractivity contribution is 5.21. The Kier molecular flexibility index (Phi) is 4.01. The van der Waals surface area contributed by atoms with Crippen LogP contribution in [0.5, 0.6) is 5.88 Å². The van der Waals surface area contributed by atoms with E-state index in [1.54, 1.807) is 6.07 Å². The minimum atomic E-state index is -1.02. The summed E-state index contributed by atoms with van der Waals surface area (Å²) in [5, 5.41) is 17.4. The van der Waals surface area contributed by atoms with E-state index in [0.717, 1.165) is 12.1 Å². The standard InChI is InChI=1S/C13H12F2N2O2/c1-19-13-5-4-11(16-17-13)12(18)6-8-2-3-9(14)7-10(8)15/h2-5,7,12,18H,6H2,1H3. The molecule has 100 valence electrons. The van der Waals surface area contributed by atoms with Crippen molar-refractivity contribution in [1.29, 1.82) is 0 Å². The molecule has 2 rings (SSSR count). The molecular weight excluding hydrogens is 254 g/mol. The van der Waals surface area contributed by atoms with E-state index >= 15 is 0 Å². The third kappa shape index (κ3) is 3.23. The van der Waals surface area contributed by atoms with Crippen LogP contribution >= 0.6 is 0 Å². The SMILES string of the molecule is COc1ccc(C(O)Cc2ccc(F)cc2F)nn1. The fraction of sp³-hybridized carbons (Fsp3) is 0.231. The quantitative estimate of drug-likeness (QED) is 0.920. The second kappa shape index (κ2) is 5.71. The summed E-state index contributed by atoms with van der Waals surface area (Å²) in [7, 11) is 1.45. The maximum Gasteiger partial charge on any atom is 0.233 e. The van der Waals surface area contributed by atoms with Gasteiger partial charge in [0, 0.05) is 18.6 Å². The van der Waals surface area contributed by atoms with Crippen LogP contribution in [0.2, 0.25) is 0 Å². The van der Waals surface area contributed by atoms with Crippen LogP contribution < -0.4 is 4.74 Å². The summed E-state index contributed by atoms with van der Waals surface area (Å²) in [5.74, 6) is -1.02. The molecule has 1 atom stereocenters. The lowest BCUT2D eigenvalue weighted by molar-refractivity contribution is 0.170. The number of methoxy groups -OCH3 is 1. The molecule has 0 aliphatic rings. The average Bonchev–Trinajstić information content (AvgIpc) is 2.42. The number of hydrogen-bond acceptors (Lipinski definition) is 4. The number of aromatic nitrogens is 2. The highest BCUT2D eigenvalue weighted by Crippen LogP contribution is 2.19. The first-order valence-electron chi connectivity index (χ1n) is 5.59. The van der Waals surface area contributed by atoms with E-state index in [1.807, 2.05) is 0 Å². The maximum absolute atomic E-state index is 13.4. The fourth-order valence-corrected chi connectivity index (χ4v) is 1.62. The van der Waals surface area contributed by atoms with Gasteiger partial charge in [0.2, 0.25) is 5.88 Å². The zero-order chi connectivity index (χ0) is 13.8. The smallest absolute Gasteiger partial charge is 0.233 e. The summed E-state index contributed by atoms with van der Waals surface area (Å²) >= 11 is 0. The Morgan fingerprint density at radius 1 is 1.21 bits per heavy atom. The molecule has 0 spiro atoms. The van der Waals surface area contributed by atoms with Crippen molar-refractivity contribution in [2.24, 2.45) is 0 Å². The molecular formula is C13H12F2N2O2. The first-order valence-corrected chi connectivity index (χ1v) is 5.59. The summed E-state index contributed by atoms with van der Waals surface area (Å²) in [5.41, 5.74) is 0.510. The third-order valence-corrected chi connectivity index (χ3v) is 2.64. The lowest BCUT2D eigenvalue weighted by Gasteiger charge is -2.10. The Hall–Kier alpha value is -2.08. The minimum Gasteiger partial charge on any atom is -0.480 e. The molecule has 1 unspecified atom stereocenters. The topological polar surface area (TPSA) is 55.2 Å². The monoisotopic (exact) mass is 266 g/mol. The Morgan fingerprint density at radius 3 is 2.58 bits per heavy atom. The Labute approximate surface area is 108 Å². The van der Waals surface area contributed by atoms with Gasteiger partial charge in [0.25, 0.3) is 0 Å². The number of rotatable bonds is 4. The van der Waals surface area contributed by atoms with Gasteiger partial charge in [-0.15, -0.1) is 10.2 Å². The molecule has 0 aliphatic heterocycles. The molecule has 4 nitrogen and oxygen atoms in total. The lowest BCUT2D eigenvalue weighted by Crippen LogP contribution is -2.07. The highest BCUT2D eigenvalue weighted by atomic mass is 19.1. The fourth-order valence-electron chi connectivity index (χ4n) is 1.62.